The van der Waals surface area contributed by atoms with Gasteiger partial charge in [-0.3, -0.25) is 4.79 Å². The number of halogens is 1. The van der Waals surface area contributed by atoms with Crippen molar-refractivity contribution in [1.29, 1.82) is 0 Å². The molecular weight excluding hydrogens is 344 g/mol. The van der Waals surface area contributed by atoms with Gasteiger partial charge in [0.2, 0.25) is 0 Å². The molecule has 0 unspecified atom stereocenters. The molecule has 0 aliphatic heterocycles. The number of benzene rings is 2. The van der Waals surface area contributed by atoms with E-state index in [4.69, 9.17) is 4.74 Å². The number of allylic oxidation sites excluding steroid dienone is 1. The van der Waals surface area contributed by atoms with Gasteiger partial charge >= 0.3 is 0 Å². The lowest BCUT2D eigenvalue weighted by molar-refractivity contribution is 0.0955. The van der Waals surface area contributed by atoms with Crippen LogP contribution in [0.4, 0.5) is 0 Å². The summed E-state index contributed by atoms with van der Waals surface area (Å²) in [6, 6.07) is 16.7. The maximum absolute atomic E-state index is 11.9. The van der Waals surface area contributed by atoms with E-state index in [2.05, 4.69) is 26.5 Å². The smallest absolute Gasteiger partial charge is 0.271 e. The van der Waals surface area contributed by atoms with Gasteiger partial charge in [0.1, 0.15) is 5.75 Å². The monoisotopic (exact) mass is 358 g/mol. The van der Waals surface area contributed by atoms with Crippen LogP contribution in [0.1, 0.15) is 15.9 Å². The van der Waals surface area contributed by atoms with Gasteiger partial charge in [-0.1, -0.05) is 36.4 Å². The highest BCUT2D eigenvalue weighted by Gasteiger charge is 2.04. The van der Waals surface area contributed by atoms with Crippen LogP contribution in [0.25, 0.3) is 6.08 Å². The second-order valence-corrected chi connectivity index (χ2v) is 5.29. The number of hydrazone groups is 1. The van der Waals surface area contributed by atoms with Crippen molar-refractivity contribution in [2.24, 2.45) is 5.10 Å². The average molecular weight is 359 g/mol. The summed E-state index contributed by atoms with van der Waals surface area (Å²) in [5.74, 6) is 0.331. The van der Waals surface area contributed by atoms with E-state index < -0.39 is 0 Å². The first-order valence-corrected chi connectivity index (χ1v) is 7.38. The molecule has 0 bridgehead atoms. The van der Waals surface area contributed by atoms with E-state index in [1.807, 2.05) is 36.4 Å². The first kappa shape index (κ1) is 16.0. The van der Waals surface area contributed by atoms with E-state index in [1.165, 1.54) is 6.21 Å². The first-order chi connectivity index (χ1) is 10.7. The van der Waals surface area contributed by atoms with E-state index >= 15 is 0 Å². The van der Waals surface area contributed by atoms with Gasteiger partial charge in [-0.25, -0.2) is 5.43 Å². The van der Waals surface area contributed by atoms with Crippen LogP contribution in [0.2, 0.25) is 0 Å². The highest BCUT2D eigenvalue weighted by Crippen LogP contribution is 2.12. The molecule has 5 heteroatoms. The molecule has 0 aliphatic rings. The molecule has 0 aromatic heterocycles. The minimum atomic E-state index is -0.296. The summed E-state index contributed by atoms with van der Waals surface area (Å²) in [6.45, 7) is 0. The fourth-order valence-corrected chi connectivity index (χ4v) is 2.09. The van der Waals surface area contributed by atoms with Crippen molar-refractivity contribution in [1.82, 2.24) is 5.43 Å². The predicted molar refractivity (Wildman–Crippen MR) is 92.3 cm³/mol. The van der Waals surface area contributed by atoms with Gasteiger partial charge in [-0.05, 0) is 45.8 Å². The zero-order chi connectivity index (χ0) is 15.8. The van der Waals surface area contributed by atoms with Crippen LogP contribution in [0.3, 0.4) is 0 Å². The second-order valence-electron chi connectivity index (χ2n) is 4.37. The van der Waals surface area contributed by atoms with Crippen LogP contribution in [0, 0.1) is 0 Å². The summed E-state index contributed by atoms with van der Waals surface area (Å²) in [4.78, 5) is 11.9. The maximum Gasteiger partial charge on any atom is 0.271 e. The molecule has 0 fully saturated rings. The summed E-state index contributed by atoms with van der Waals surface area (Å²) >= 11 is 3.38. The maximum atomic E-state index is 11.9. The summed E-state index contributed by atoms with van der Waals surface area (Å²) < 4.78 is 5.83. The molecule has 0 saturated carbocycles. The van der Waals surface area contributed by atoms with E-state index in [1.54, 1.807) is 31.4 Å². The summed E-state index contributed by atoms with van der Waals surface area (Å²) in [7, 11) is 1.56. The standard InChI is InChI=1S/C17H15BrN2O2/c1-22-16-9-5-8-14(11-16)17(21)20-19-12-15(18)10-13-6-3-2-4-7-13/h2-12H,1H3,(H,20,21)/b15-10-,19-12?. The molecule has 2 rings (SSSR count). The summed E-state index contributed by atoms with van der Waals surface area (Å²) in [5.41, 5.74) is 4.00. The molecule has 0 aliphatic carbocycles. The van der Waals surface area contributed by atoms with Gasteiger partial charge in [0, 0.05) is 10.0 Å². The van der Waals surface area contributed by atoms with Gasteiger partial charge < -0.3 is 4.74 Å². The van der Waals surface area contributed by atoms with Crippen LogP contribution in [-0.2, 0) is 0 Å². The van der Waals surface area contributed by atoms with Gasteiger partial charge in [0.25, 0.3) is 5.91 Å². The average Bonchev–Trinajstić information content (AvgIpc) is 2.55. The fourth-order valence-electron chi connectivity index (χ4n) is 1.73. The minimum absolute atomic E-state index is 0.296. The lowest BCUT2D eigenvalue weighted by atomic mass is 10.2. The number of nitrogens with one attached hydrogen (secondary N) is 1. The lowest BCUT2D eigenvalue weighted by Gasteiger charge is -2.02. The Kier molecular flexibility index (Phi) is 5.91. The van der Waals surface area contributed by atoms with Crippen molar-refractivity contribution >= 4 is 34.1 Å². The van der Waals surface area contributed by atoms with Gasteiger partial charge in [-0.2, -0.15) is 5.10 Å². The Morgan fingerprint density at radius 3 is 2.68 bits per heavy atom. The normalized spacial score (nSPS) is 11.5. The van der Waals surface area contributed by atoms with Crippen molar-refractivity contribution in [2.45, 2.75) is 0 Å². The predicted octanol–water partition coefficient (Wildman–Crippen LogP) is 3.85. The molecule has 0 heterocycles. The van der Waals surface area contributed by atoms with Crippen molar-refractivity contribution in [3.8, 4) is 5.75 Å². The van der Waals surface area contributed by atoms with Crippen LogP contribution in [0.5, 0.6) is 5.75 Å². The Labute approximate surface area is 137 Å². The highest BCUT2D eigenvalue weighted by atomic mass is 79.9. The second kappa shape index (κ2) is 8.14. The van der Waals surface area contributed by atoms with E-state index in [0.717, 1.165) is 10.0 Å². The summed E-state index contributed by atoms with van der Waals surface area (Å²) in [5, 5.41) is 3.92. The number of hydrogen-bond donors (Lipinski definition) is 1. The van der Waals surface area contributed by atoms with Gasteiger partial charge in [0.05, 0.1) is 13.3 Å². The van der Waals surface area contributed by atoms with Crippen LogP contribution in [-0.4, -0.2) is 19.2 Å². The molecule has 0 atom stereocenters. The molecule has 2 aromatic carbocycles. The quantitative estimate of drug-likeness (QED) is 0.651. The number of methoxy groups -OCH3 is 1. The minimum Gasteiger partial charge on any atom is -0.497 e. The number of hydrogen-bond acceptors (Lipinski definition) is 3. The Hall–Kier alpha value is -2.40. The number of ether oxygens (including phenoxy) is 1. The molecule has 112 valence electrons. The zero-order valence-corrected chi connectivity index (χ0v) is 13.6. The topological polar surface area (TPSA) is 50.7 Å². The number of rotatable bonds is 5. The molecule has 0 radical (unpaired) electrons. The van der Waals surface area contributed by atoms with Crippen molar-refractivity contribution < 1.29 is 9.53 Å². The van der Waals surface area contributed by atoms with Crippen molar-refractivity contribution in [2.75, 3.05) is 7.11 Å². The van der Waals surface area contributed by atoms with Crippen molar-refractivity contribution in [3.05, 3.63) is 70.2 Å². The van der Waals surface area contributed by atoms with Gasteiger partial charge in [-0.15, -0.1) is 0 Å². The zero-order valence-electron chi connectivity index (χ0n) is 12.0. The molecule has 2 aromatic rings. The molecule has 4 nitrogen and oxygen atoms in total. The van der Waals surface area contributed by atoms with E-state index in [9.17, 15) is 4.79 Å². The number of carbonyl (C=O) groups excluding carboxylic acids is 1. The highest BCUT2D eigenvalue weighted by molar-refractivity contribution is 9.12. The molecule has 1 N–H and O–H groups in total. The molecule has 1 amide bonds. The number of nitrogens with zero attached hydrogens (tertiary/aromatic N) is 1. The molecule has 0 spiro atoms. The Balaban J connectivity index is 1.96. The SMILES string of the molecule is COc1cccc(C(=O)NN=C/C(Br)=C/c2ccccc2)c1. The third-order valence-electron chi connectivity index (χ3n) is 2.79. The number of amides is 1. The third kappa shape index (κ3) is 4.86. The largest absolute Gasteiger partial charge is 0.497 e. The third-order valence-corrected chi connectivity index (χ3v) is 3.22. The van der Waals surface area contributed by atoms with E-state index in [0.29, 0.717) is 11.3 Å². The van der Waals surface area contributed by atoms with Crippen LogP contribution < -0.4 is 10.2 Å². The van der Waals surface area contributed by atoms with Crippen LogP contribution in [0.15, 0.2) is 64.2 Å². The Bertz CT molecular complexity index is 697. The van der Waals surface area contributed by atoms with Gasteiger partial charge in [0.15, 0.2) is 0 Å². The Morgan fingerprint density at radius 2 is 1.95 bits per heavy atom. The summed E-state index contributed by atoms with van der Waals surface area (Å²) in [6.07, 6.45) is 3.44. The van der Waals surface area contributed by atoms with E-state index in [-0.39, 0.29) is 5.91 Å². The van der Waals surface area contributed by atoms with Crippen LogP contribution >= 0.6 is 15.9 Å². The first-order valence-electron chi connectivity index (χ1n) is 6.59. The number of carbonyl (C=O) groups is 1. The van der Waals surface area contributed by atoms with Crippen molar-refractivity contribution in [3.63, 3.8) is 0 Å². The lowest BCUT2D eigenvalue weighted by Crippen LogP contribution is -2.17. The fraction of sp³-hybridized carbons (Fsp3) is 0.0588. The Morgan fingerprint density at radius 1 is 1.18 bits per heavy atom. The molecular formula is C17H15BrN2O2. The molecule has 22 heavy (non-hydrogen) atoms. The molecule has 0 saturated heterocycles.